The van der Waals surface area contributed by atoms with Gasteiger partial charge in [-0.1, -0.05) is 23.2 Å². The standard InChI is InChI=1S/C12H9Cl2FN6/c1-16-12-19-10(6-4-17-21-11(6)20-12)18-5-2-7(13)9(15)8(14)3-5/h2-4H,1H3,(H3,16,17,18,19,20,21). The van der Waals surface area contributed by atoms with Crippen molar-refractivity contribution in [3.05, 3.63) is 34.2 Å². The molecule has 0 aliphatic carbocycles. The molecule has 2 heterocycles. The summed E-state index contributed by atoms with van der Waals surface area (Å²) in [6.07, 6.45) is 1.59. The van der Waals surface area contributed by atoms with Crippen molar-refractivity contribution >= 4 is 51.7 Å². The van der Waals surface area contributed by atoms with Crippen molar-refractivity contribution in [1.29, 1.82) is 0 Å². The maximum Gasteiger partial charge on any atom is 0.226 e. The largest absolute Gasteiger partial charge is 0.357 e. The molecule has 0 bridgehead atoms. The minimum Gasteiger partial charge on any atom is -0.357 e. The second-order valence-electron chi connectivity index (χ2n) is 4.16. The average Bonchev–Trinajstić information content (AvgIpc) is 2.93. The van der Waals surface area contributed by atoms with E-state index >= 15 is 0 Å². The van der Waals surface area contributed by atoms with Gasteiger partial charge in [-0.05, 0) is 12.1 Å². The van der Waals surface area contributed by atoms with Crippen molar-refractivity contribution in [2.45, 2.75) is 0 Å². The van der Waals surface area contributed by atoms with Gasteiger partial charge in [0.25, 0.3) is 0 Å². The number of fused-ring (bicyclic) bond motifs is 1. The van der Waals surface area contributed by atoms with E-state index in [4.69, 9.17) is 23.2 Å². The number of nitrogens with zero attached hydrogens (tertiary/aromatic N) is 3. The van der Waals surface area contributed by atoms with Crippen molar-refractivity contribution in [3.63, 3.8) is 0 Å². The molecule has 2 aromatic heterocycles. The van der Waals surface area contributed by atoms with Gasteiger partial charge in [-0.2, -0.15) is 15.1 Å². The average molecular weight is 327 g/mol. The quantitative estimate of drug-likeness (QED) is 0.641. The van der Waals surface area contributed by atoms with E-state index in [9.17, 15) is 4.39 Å². The molecule has 21 heavy (non-hydrogen) atoms. The zero-order valence-electron chi connectivity index (χ0n) is 10.7. The summed E-state index contributed by atoms with van der Waals surface area (Å²) < 4.78 is 13.4. The zero-order chi connectivity index (χ0) is 15.0. The van der Waals surface area contributed by atoms with Crippen molar-refractivity contribution < 1.29 is 4.39 Å². The fourth-order valence-corrected chi connectivity index (χ4v) is 2.29. The number of hydrogen-bond donors (Lipinski definition) is 3. The number of benzene rings is 1. The summed E-state index contributed by atoms with van der Waals surface area (Å²) in [5, 5.41) is 13.1. The van der Waals surface area contributed by atoms with Crippen LogP contribution < -0.4 is 10.6 Å². The monoisotopic (exact) mass is 326 g/mol. The molecule has 0 unspecified atom stereocenters. The molecule has 0 spiro atoms. The Bertz CT molecular complexity index is 796. The van der Waals surface area contributed by atoms with Gasteiger partial charge in [0, 0.05) is 12.7 Å². The second-order valence-corrected chi connectivity index (χ2v) is 4.97. The molecule has 3 N–H and O–H groups in total. The molecule has 0 atom stereocenters. The number of aromatic amines is 1. The number of nitrogens with one attached hydrogen (secondary N) is 3. The molecule has 1 aromatic carbocycles. The first kappa shape index (κ1) is 13.8. The number of anilines is 3. The van der Waals surface area contributed by atoms with E-state index in [1.807, 2.05) is 0 Å². The van der Waals surface area contributed by atoms with Crippen LogP contribution in [0.4, 0.5) is 21.8 Å². The van der Waals surface area contributed by atoms with E-state index < -0.39 is 5.82 Å². The van der Waals surface area contributed by atoms with Crippen LogP contribution in [0, 0.1) is 5.82 Å². The van der Waals surface area contributed by atoms with Crippen LogP contribution in [0.25, 0.3) is 11.0 Å². The Labute approximate surface area is 128 Å². The fourth-order valence-electron chi connectivity index (χ4n) is 1.81. The number of halogens is 3. The minimum absolute atomic E-state index is 0.0728. The lowest BCUT2D eigenvalue weighted by Gasteiger charge is -2.09. The summed E-state index contributed by atoms with van der Waals surface area (Å²) in [5.74, 6) is 0.251. The predicted molar refractivity (Wildman–Crippen MR) is 80.9 cm³/mol. The molecule has 3 rings (SSSR count). The molecule has 0 amide bonds. The van der Waals surface area contributed by atoms with E-state index in [2.05, 4.69) is 30.8 Å². The first-order valence-corrected chi connectivity index (χ1v) is 6.64. The van der Waals surface area contributed by atoms with E-state index in [0.29, 0.717) is 28.5 Å². The van der Waals surface area contributed by atoms with Crippen LogP contribution in [0.15, 0.2) is 18.3 Å². The summed E-state index contributed by atoms with van der Waals surface area (Å²) in [7, 11) is 1.70. The highest BCUT2D eigenvalue weighted by Crippen LogP contribution is 2.30. The summed E-state index contributed by atoms with van der Waals surface area (Å²) in [4.78, 5) is 8.51. The molecule has 0 radical (unpaired) electrons. The molecular formula is C12H9Cl2FN6. The van der Waals surface area contributed by atoms with Crippen LogP contribution in [-0.2, 0) is 0 Å². The Balaban J connectivity index is 2.07. The first-order chi connectivity index (χ1) is 10.1. The SMILES string of the molecule is CNc1nc(Nc2cc(Cl)c(F)c(Cl)c2)c2cn[nH]c2n1. The van der Waals surface area contributed by atoms with Gasteiger partial charge in [-0.3, -0.25) is 5.10 Å². The lowest BCUT2D eigenvalue weighted by atomic mass is 10.3. The van der Waals surface area contributed by atoms with Gasteiger partial charge in [0.1, 0.15) is 5.82 Å². The lowest BCUT2D eigenvalue weighted by molar-refractivity contribution is 0.629. The van der Waals surface area contributed by atoms with E-state index in [1.165, 1.54) is 12.1 Å². The molecule has 0 saturated heterocycles. The smallest absolute Gasteiger partial charge is 0.226 e. The number of H-pyrrole nitrogens is 1. The van der Waals surface area contributed by atoms with Gasteiger partial charge in [-0.25, -0.2) is 4.39 Å². The van der Waals surface area contributed by atoms with E-state index in [1.54, 1.807) is 13.2 Å². The van der Waals surface area contributed by atoms with Gasteiger partial charge in [0.05, 0.1) is 21.6 Å². The van der Waals surface area contributed by atoms with Crippen molar-refractivity contribution in [2.24, 2.45) is 0 Å². The van der Waals surface area contributed by atoms with Gasteiger partial charge >= 0.3 is 0 Å². The van der Waals surface area contributed by atoms with Crippen LogP contribution in [-0.4, -0.2) is 27.2 Å². The molecule has 3 aromatic rings. The third kappa shape index (κ3) is 2.57. The maximum absolute atomic E-state index is 13.4. The summed E-state index contributed by atoms with van der Waals surface area (Å²) in [5.41, 5.74) is 1.07. The Morgan fingerprint density at radius 1 is 1.19 bits per heavy atom. The molecule has 6 nitrogen and oxygen atoms in total. The zero-order valence-corrected chi connectivity index (χ0v) is 12.2. The third-order valence-electron chi connectivity index (χ3n) is 2.78. The van der Waals surface area contributed by atoms with Crippen LogP contribution in [0.3, 0.4) is 0 Å². The van der Waals surface area contributed by atoms with Crippen LogP contribution in [0.1, 0.15) is 0 Å². The van der Waals surface area contributed by atoms with E-state index in [-0.39, 0.29) is 10.0 Å². The van der Waals surface area contributed by atoms with Crippen molar-refractivity contribution in [2.75, 3.05) is 17.7 Å². The third-order valence-corrected chi connectivity index (χ3v) is 3.33. The van der Waals surface area contributed by atoms with Crippen LogP contribution >= 0.6 is 23.2 Å². The first-order valence-electron chi connectivity index (χ1n) is 5.89. The van der Waals surface area contributed by atoms with E-state index in [0.717, 1.165) is 0 Å². The number of rotatable bonds is 3. The molecule has 108 valence electrons. The highest BCUT2D eigenvalue weighted by atomic mass is 35.5. The highest BCUT2D eigenvalue weighted by molar-refractivity contribution is 6.35. The molecule has 0 aliphatic rings. The molecule has 0 aliphatic heterocycles. The van der Waals surface area contributed by atoms with Crippen LogP contribution in [0.2, 0.25) is 10.0 Å². The maximum atomic E-state index is 13.4. The van der Waals surface area contributed by atoms with Gasteiger partial charge < -0.3 is 10.6 Å². The Morgan fingerprint density at radius 2 is 1.90 bits per heavy atom. The summed E-state index contributed by atoms with van der Waals surface area (Å²) in [6, 6.07) is 2.85. The second kappa shape index (κ2) is 5.34. The van der Waals surface area contributed by atoms with Crippen molar-refractivity contribution in [3.8, 4) is 0 Å². The lowest BCUT2D eigenvalue weighted by Crippen LogP contribution is -2.01. The summed E-state index contributed by atoms with van der Waals surface area (Å²) >= 11 is 11.6. The molecular weight excluding hydrogens is 318 g/mol. The normalized spacial score (nSPS) is 10.9. The topological polar surface area (TPSA) is 78.5 Å². The molecule has 9 heteroatoms. The Morgan fingerprint density at radius 3 is 2.57 bits per heavy atom. The Hall–Kier alpha value is -2.12. The Kier molecular flexibility index (Phi) is 3.52. The van der Waals surface area contributed by atoms with Crippen LogP contribution in [0.5, 0.6) is 0 Å². The van der Waals surface area contributed by atoms with Gasteiger partial charge in [-0.15, -0.1) is 0 Å². The number of hydrogen-bond acceptors (Lipinski definition) is 5. The van der Waals surface area contributed by atoms with Gasteiger partial charge in [0.2, 0.25) is 5.95 Å². The highest BCUT2D eigenvalue weighted by Gasteiger charge is 2.12. The van der Waals surface area contributed by atoms with Gasteiger partial charge in [0.15, 0.2) is 11.5 Å². The molecule has 0 fully saturated rings. The molecule has 0 saturated carbocycles. The summed E-state index contributed by atoms with van der Waals surface area (Å²) in [6.45, 7) is 0. The van der Waals surface area contributed by atoms with Crippen molar-refractivity contribution in [1.82, 2.24) is 20.2 Å². The predicted octanol–water partition coefficient (Wildman–Crippen LogP) is 3.58. The fraction of sp³-hybridized carbons (Fsp3) is 0.0833. The number of aromatic nitrogens is 4. The minimum atomic E-state index is -0.657.